The van der Waals surface area contributed by atoms with Gasteiger partial charge in [-0.2, -0.15) is 0 Å². The summed E-state index contributed by atoms with van der Waals surface area (Å²) >= 11 is 0. The number of anilines is 3. The number of hydrogen-bond donors (Lipinski definition) is 3. The molecule has 12 heteroatoms. The monoisotopic (exact) mass is 472 g/mol. The Morgan fingerprint density at radius 3 is 2.33 bits per heavy atom. The highest BCUT2D eigenvalue weighted by atomic mass is 32.2. The molecule has 2 aromatic carbocycles. The van der Waals surface area contributed by atoms with Crippen LogP contribution in [0.2, 0.25) is 0 Å². The van der Waals surface area contributed by atoms with Gasteiger partial charge in [0.05, 0.1) is 16.4 Å². The zero-order valence-corrected chi connectivity index (χ0v) is 18.9. The maximum Gasteiger partial charge on any atom is 0.354 e. The lowest BCUT2D eigenvalue weighted by atomic mass is 10.2. The molecule has 3 rings (SSSR count). The van der Waals surface area contributed by atoms with Crippen LogP contribution >= 0.6 is 0 Å². The van der Waals surface area contributed by atoms with E-state index >= 15 is 0 Å². The highest BCUT2D eigenvalue weighted by Gasteiger charge is 2.25. The predicted molar refractivity (Wildman–Crippen MR) is 124 cm³/mol. The SMILES string of the molecule is CCCCOc1ccc(Nc2ncnc(NNS(=O)(=O)c3ccc(C)cc3)c2[N+](=O)[O-])cc1. The summed E-state index contributed by atoms with van der Waals surface area (Å²) in [6.07, 6.45) is 3.05. The lowest BCUT2D eigenvalue weighted by molar-refractivity contribution is -0.383. The fourth-order valence-electron chi connectivity index (χ4n) is 2.73. The predicted octanol–water partition coefficient (Wildman–Crippen LogP) is 3.92. The number of ether oxygens (including phenoxy) is 1. The van der Waals surface area contributed by atoms with Gasteiger partial charge < -0.3 is 10.1 Å². The zero-order valence-electron chi connectivity index (χ0n) is 18.1. The van der Waals surface area contributed by atoms with E-state index in [-0.39, 0.29) is 16.5 Å². The molecule has 3 aromatic rings. The molecule has 0 atom stereocenters. The lowest BCUT2D eigenvalue weighted by Gasteiger charge is -2.12. The number of nitrogens with one attached hydrogen (secondary N) is 3. The number of unbranched alkanes of at least 4 members (excludes halogenated alkanes) is 1. The van der Waals surface area contributed by atoms with Crippen LogP contribution in [0.15, 0.2) is 59.8 Å². The van der Waals surface area contributed by atoms with E-state index in [2.05, 4.69) is 32.5 Å². The van der Waals surface area contributed by atoms with E-state index in [0.29, 0.717) is 18.0 Å². The van der Waals surface area contributed by atoms with E-state index in [1.165, 1.54) is 12.1 Å². The van der Waals surface area contributed by atoms with E-state index < -0.39 is 20.6 Å². The van der Waals surface area contributed by atoms with Crippen LogP contribution < -0.4 is 20.3 Å². The van der Waals surface area contributed by atoms with Crippen molar-refractivity contribution in [3.8, 4) is 5.75 Å². The topological polar surface area (TPSA) is 148 Å². The molecule has 0 aliphatic heterocycles. The van der Waals surface area contributed by atoms with Crippen molar-refractivity contribution in [2.45, 2.75) is 31.6 Å². The molecule has 0 bridgehead atoms. The van der Waals surface area contributed by atoms with Gasteiger partial charge in [-0.15, -0.1) is 4.83 Å². The molecule has 0 amide bonds. The van der Waals surface area contributed by atoms with Crippen molar-refractivity contribution in [2.75, 3.05) is 17.3 Å². The Hall–Kier alpha value is -3.77. The van der Waals surface area contributed by atoms with Crippen molar-refractivity contribution in [1.29, 1.82) is 0 Å². The fraction of sp³-hybridized carbons (Fsp3) is 0.238. The molecule has 0 aliphatic carbocycles. The molecule has 0 fully saturated rings. The maximum atomic E-state index is 12.5. The minimum atomic E-state index is -3.98. The van der Waals surface area contributed by atoms with Crippen molar-refractivity contribution in [3.05, 3.63) is 70.5 Å². The number of hydrogen-bond acceptors (Lipinski definition) is 9. The third-order valence-corrected chi connectivity index (χ3v) is 5.79. The van der Waals surface area contributed by atoms with Crippen LogP contribution in [0.1, 0.15) is 25.3 Å². The molecule has 0 saturated carbocycles. The standard InChI is InChI=1S/C21H24N6O5S/c1-3-4-13-32-17-9-7-16(8-10-17)24-20-19(27(28)29)21(23-14-22-20)25-26-33(30,31)18-11-5-15(2)6-12-18/h5-12,14,26H,3-4,13H2,1-2H3,(H2,22,23,24,25). The summed E-state index contributed by atoms with van der Waals surface area (Å²) in [6, 6.07) is 13.0. The summed E-state index contributed by atoms with van der Waals surface area (Å²) < 4.78 is 30.6. The Bertz CT molecular complexity index is 1200. The first kappa shape index (κ1) is 23.9. The molecule has 3 N–H and O–H groups in total. The minimum absolute atomic E-state index is 0.00287. The van der Waals surface area contributed by atoms with Gasteiger partial charge in [-0.05, 0) is 49.7 Å². The number of hydrazine groups is 1. The fourth-order valence-corrected chi connectivity index (χ4v) is 3.58. The Kier molecular flexibility index (Phi) is 7.74. The highest BCUT2D eigenvalue weighted by Crippen LogP contribution is 2.31. The molecule has 0 saturated heterocycles. The molecular weight excluding hydrogens is 448 g/mol. The number of nitro groups is 1. The van der Waals surface area contributed by atoms with Crippen LogP contribution in [0.5, 0.6) is 5.75 Å². The van der Waals surface area contributed by atoms with Crippen LogP contribution in [0.4, 0.5) is 23.0 Å². The van der Waals surface area contributed by atoms with Gasteiger partial charge in [0.1, 0.15) is 12.1 Å². The van der Waals surface area contributed by atoms with Crippen LogP contribution in [0, 0.1) is 17.0 Å². The van der Waals surface area contributed by atoms with Crippen LogP contribution in [-0.4, -0.2) is 29.9 Å². The van der Waals surface area contributed by atoms with Gasteiger partial charge in [0.15, 0.2) is 0 Å². The van der Waals surface area contributed by atoms with Crippen LogP contribution in [0.25, 0.3) is 0 Å². The number of nitrogens with zero attached hydrogens (tertiary/aromatic N) is 3. The van der Waals surface area contributed by atoms with Crippen molar-refractivity contribution < 1.29 is 18.1 Å². The Labute approximate surface area is 191 Å². The molecule has 0 unspecified atom stereocenters. The van der Waals surface area contributed by atoms with E-state index in [9.17, 15) is 18.5 Å². The second kappa shape index (κ2) is 10.7. The van der Waals surface area contributed by atoms with Gasteiger partial charge in [0.25, 0.3) is 10.0 Å². The van der Waals surface area contributed by atoms with Crippen molar-refractivity contribution in [3.63, 3.8) is 0 Å². The Morgan fingerprint density at radius 1 is 1.03 bits per heavy atom. The molecule has 174 valence electrons. The largest absolute Gasteiger partial charge is 0.494 e. The number of sulfonamides is 1. The quantitative estimate of drug-likeness (QED) is 0.214. The Morgan fingerprint density at radius 2 is 1.70 bits per heavy atom. The van der Waals surface area contributed by atoms with E-state index in [4.69, 9.17) is 4.74 Å². The van der Waals surface area contributed by atoms with Crippen LogP contribution in [-0.2, 0) is 10.0 Å². The second-order valence-corrected chi connectivity index (χ2v) is 8.75. The van der Waals surface area contributed by atoms with Crippen molar-refractivity contribution in [1.82, 2.24) is 14.8 Å². The lowest BCUT2D eigenvalue weighted by Crippen LogP contribution is -2.30. The molecule has 0 radical (unpaired) electrons. The number of rotatable bonds is 11. The average molecular weight is 473 g/mol. The van der Waals surface area contributed by atoms with Gasteiger partial charge in [0, 0.05) is 5.69 Å². The smallest absolute Gasteiger partial charge is 0.354 e. The summed E-state index contributed by atoms with van der Waals surface area (Å²) in [5.41, 5.74) is 3.23. The molecule has 33 heavy (non-hydrogen) atoms. The van der Waals surface area contributed by atoms with Crippen molar-refractivity contribution in [2.24, 2.45) is 0 Å². The van der Waals surface area contributed by atoms with E-state index in [0.717, 1.165) is 24.7 Å². The molecule has 11 nitrogen and oxygen atoms in total. The second-order valence-electron chi connectivity index (χ2n) is 7.07. The number of benzene rings is 2. The maximum absolute atomic E-state index is 12.5. The molecule has 0 spiro atoms. The third-order valence-electron chi connectivity index (χ3n) is 4.52. The summed E-state index contributed by atoms with van der Waals surface area (Å²) in [5.74, 6) is 0.262. The van der Waals surface area contributed by atoms with Gasteiger partial charge in [-0.3, -0.25) is 15.5 Å². The van der Waals surface area contributed by atoms with Gasteiger partial charge in [0.2, 0.25) is 11.6 Å². The zero-order chi connectivity index (χ0) is 23.8. The first-order valence-electron chi connectivity index (χ1n) is 10.1. The van der Waals surface area contributed by atoms with E-state index in [1.807, 2.05) is 6.92 Å². The number of aromatic nitrogens is 2. The van der Waals surface area contributed by atoms with E-state index in [1.54, 1.807) is 36.4 Å². The first-order chi connectivity index (χ1) is 15.8. The molecule has 0 aliphatic rings. The van der Waals surface area contributed by atoms with Gasteiger partial charge >= 0.3 is 5.69 Å². The average Bonchev–Trinajstić information content (AvgIpc) is 2.79. The Balaban J connectivity index is 1.77. The summed E-state index contributed by atoms with van der Waals surface area (Å²) in [4.78, 5) is 20.9. The summed E-state index contributed by atoms with van der Waals surface area (Å²) in [7, 11) is -3.98. The molecule has 1 heterocycles. The van der Waals surface area contributed by atoms with Gasteiger partial charge in [-0.25, -0.2) is 18.4 Å². The molecular formula is C21H24N6O5S. The summed E-state index contributed by atoms with van der Waals surface area (Å²) in [6.45, 7) is 4.50. The third kappa shape index (κ3) is 6.37. The van der Waals surface area contributed by atoms with Crippen LogP contribution in [0.3, 0.4) is 0 Å². The van der Waals surface area contributed by atoms with Crippen molar-refractivity contribution >= 4 is 33.0 Å². The normalized spacial score (nSPS) is 11.1. The van der Waals surface area contributed by atoms with Gasteiger partial charge in [-0.1, -0.05) is 31.0 Å². The first-order valence-corrected chi connectivity index (χ1v) is 11.6. The highest BCUT2D eigenvalue weighted by molar-refractivity contribution is 7.89. The summed E-state index contributed by atoms with van der Waals surface area (Å²) in [5, 5.41) is 14.6. The minimum Gasteiger partial charge on any atom is -0.494 e. The molecule has 1 aromatic heterocycles. The number of aryl methyl sites for hydroxylation is 1.